The molecule has 0 atom stereocenters. The van der Waals surface area contributed by atoms with Crippen molar-refractivity contribution in [3.05, 3.63) is 29.8 Å². The van der Waals surface area contributed by atoms with Crippen molar-refractivity contribution in [2.24, 2.45) is 5.92 Å². The van der Waals surface area contributed by atoms with Gasteiger partial charge in [-0.05, 0) is 24.5 Å². The number of carbonyl (C=O) groups is 1. The number of nitrogens with two attached hydrogens (primary N) is 1. The van der Waals surface area contributed by atoms with Gasteiger partial charge < -0.3 is 15.0 Å². The van der Waals surface area contributed by atoms with Crippen LogP contribution in [0.1, 0.15) is 56.8 Å². The van der Waals surface area contributed by atoms with Crippen molar-refractivity contribution in [2.45, 2.75) is 53.0 Å². The maximum Gasteiger partial charge on any atom is 0.344 e. The summed E-state index contributed by atoms with van der Waals surface area (Å²) in [4.78, 5) is 22.3. The van der Waals surface area contributed by atoms with Crippen molar-refractivity contribution in [1.29, 1.82) is 0 Å². The summed E-state index contributed by atoms with van der Waals surface area (Å²) in [5, 5.41) is 0. The third kappa shape index (κ3) is 3.75. The maximum absolute atomic E-state index is 12.9. The van der Waals surface area contributed by atoms with Crippen LogP contribution in [0.2, 0.25) is 0 Å². The summed E-state index contributed by atoms with van der Waals surface area (Å²) in [6.07, 6.45) is 3.92. The molecule has 2 heterocycles. The second-order valence-corrected chi connectivity index (χ2v) is 6.93. The highest BCUT2D eigenvalue weighted by Gasteiger charge is 2.25. The molecule has 0 bridgehead atoms. The lowest BCUT2D eigenvalue weighted by atomic mass is 10.1. The first-order valence-corrected chi connectivity index (χ1v) is 9.82. The fourth-order valence-corrected chi connectivity index (χ4v) is 3.25. The average molecular weight is 368 g/mol. The number of fused-ring (bicyclic) bond motifs is 2. The quantitative estimate of drug-likeness (QED) is 0.589. The molecule has 0 saturated heterocycles. The van der Waals surface area contributed by atoms with Crippen LogP contribution in [0.5, 0.6) is 0 Å². The van der Waals surface area contributed by atoms with E-state index in [1.54, 1.807) is 0 Å². The highest BCUT2D eigenvalue weighted by molar-refractivity contribution is 6.08. The van der Waals surface area contributed by atoms with Crippen molar-refractivity contribution in [3.8, 4) is 0 Å². The van der Waals surface area contributed by atoms with Crippen molar-refractivity contribution in [1.82, 2.24) is 14.5 Å². The van der Waals surface area contributed by atoms with Gasteiger partial charge in [-0.25, -0.2) is 14.8 Å². The Morgan fingerprint density at radius 3 is 2.44 bits per heavy atom. The molecule has 27 heavy (non-hydrogen) atoms. The van der Waals surface area contributed by atoms with Gasteiger partial charge in [0.1, 0.15) is 16.9 Å². The van der Waals surface area contributed by atoms with Gasteiger partial charge in [0.15, 0.2) is 5.65 Å². The average Bonchev–Trinajstić information content (AvgIpc) is 2.95. The summed E-state index contributed by atoms with van der Waals surface area (Å²) < 4.78 is 7.49. The van der Waals surface area contributed by atoms with Crippen molar-refractivity contribution >= 4 is 34.0 Å². The smallest absolute Gasteiger partial charge is 0.344 e. The molecular weight excluding hydrogens is 340 g/mol. The van der Waals surface area contributed by atoms with Crippen LogP contribution in [0.3, 0.4) is 0 Å². The molecule has 3 aromatic rings. The van der Waals surface area contributed by atoms with E-state index in [9.17, 15) is 4.79 Å². The molecule has 0 radical (unpaired) electrons. The van der Waals surface area contributed by atoms with Gasteiger partial charge in [0.25, 0.3) is 0 Å². The summed E-state index contributed by atoms with van der Waals surface area (Å²) in [5.74, 6) is 0.336. The van der Waals surface area contributed by atoms with Crippen LogP contribution in [0, 0.1) is 5.92 Å². The lowest BCUT2D eigenvalue weighted by molar-refractivity contribution is 0.0436. The first-order valence-electron chi connectivity index (χ1n) is 9.82. The number of benzene rings is 1. The molecular formula is C21H28N4O2. The minimum absolute atomic E-state index is 0.338. The molecule has 3 rings (SSSR count). The Kier molecular flexibility index (Phi) is 5.94. The fourth-order valence-electron chi connectivity index (χ4n) is 3.25. The third-order valence-corrected chi connectivity index (χ3v) is 5.14. The minimum atomic E-state index is -0.413. The van der Waals surface area contributed by atoms with Crippen LogP contribution in [-0.4, -0.2) is 27.1 Å². The number of carbonyl (C=O) groups excluding carboxylic acids is 1. The second-order valence-electron chi connectivity index (χ2n) is 6.93. The topological polar surface area (TPSA) is 83.0 Å². The van der Waals surface area contributed by atoms with Gasteiger partial charge in [-0.3, -0.25) is 0 Å². The zero-order valence-electron chi connectivity index (χ0n) is 16.4. The zero-order chi connectivity index (χ0) is 19.4. The van der Waals surface area contributed by atoms with Crippen LogP contribution in [-0.2, 0) is 11.3 Å². The van der Waals surface area contributed by atoms with Gasteiger partial charge in [-0.1, -0.05) is 52.2 Å². The number of para-hydroxylation sites is 2. The van der Waals surface area contributed by atoms with E-state index in [1.807, 2.05) is 28.8 Å². The van der Waals surface area contributed by atoms with Crippen molar-refractivity contribution < 1.29 is 9.53 Å². The molecule has 0 aliphatic heterocycles. The second kappa shape index (κ2) is 8.37. The number of rotatable bonds is 8. The Morgan fingerprint density at radius 1 is 1.15 bits per heavy atom. The molecule has 0 aliphatic rings. The molecule has 0 unspecified atom stereocenters. The number of anilines is 1. The molecule has 6 heteroatoms. The van der Waals surface area contributed by atoms with E-state index in [0.29, 0.717) is 41.6 Å². The van der Waals surface area contributed by atoms with Crippen LogP contribution < -0.4 is 5.73 Å². The number of nitrogens with zero attached hydrogens (tertiary/aromatic N) is 3. The number of esters is 1. The predicted octanol–water partition coefficient (Wildman–Crippen LogP) is 4.56. The largest absolute Gasteiger partial charge is 0.462 e. The normalized spacial score (nSPS) is 11.6. The molecule has 6 nitrogen and oxygen atoms in total. The molecule has 0 spiro atoms. The molecule has 2 aromatic heterocycles. The van der Waals surface area contributed by atoms with Gasteiger partial charge >= 0.3 is 5.97 Å². The molecule has 0 fully saturated rings. The van der Waals surface area contributed by atoms with E-state index >= 15 is 0 Å². The number of aromatic nitrogens is 3. The molecule has 0 saturated carbocycles. The van der Waals surface area contributed by atoms with Gasteiger partial charge in [0.05, 0.1) is 17.6 Å². The van der Waals surface area contributed by atoms with Gasteiger partial charge in [-0.15, -0.1) is 0 Å². The Bertz CT molecular complexity index is 944. The van der Waals surface area contributed by atoms with Crippen molar-refractivity contribution in [3.63, 3.8) is 0 Å². The molecule has 144 valence electrons. The Morgan fingerprint density at radius 2 is 1.81 bits per heavy atom. The van der Waals surface area contributed by atoms with Crippen LogP contribution in [0.25, 0.3) is 22.2 Å². The van der Waals surface area contributed by atoms with E-state index in [1.165, 1.54) is 0 Å². The van der Waals surface area contributed by atoms with Crippen LogP contribution in [0.15, 0.2) is 24.3 Å². The summed E-state index contributed by atoms with van der Waals surface area (Å²) in [5.41, 5.74) is 9.42. The molecule has 0 aliphatic carbocycles. The van der Waals surface area contributed by atoms with E-state index in [0.717, 1.165) is 36.7 Å². The van der Waals surface area contributed by atoms with Crippen LogP contribution >= 0.6 is 0 Å². The van der Waals surface area contributed by atoms with Gasteiger partial charge in [0.2, 0.25) is 0 Å². The number of hydrogen-bond acceptors (Lipinski definition) is 5. The maximum atomic E-state index is 12.9. The number of aryl methyl sites for hydroxylation is 1. The van der Waals surface area contributed by atoms with Crippen molar-refractivity contribution in [2.75, 3.05) is 12.3 Å². The predicted molar refractivity (Wildman–Crippen MR) is 109 cm³/mol. The fraction of sp³-hybridized carbons (Fsp3) is 0.476. The number of nitrogen functional groups attached to an aromatic ring is 1. The summed E-state index contributed by atoms with van der Waals surface area (Å²) >= 11 is 0. The van der Waals surface area contributed by atoms with E-state index in [2.05, 4.69) is 20.8 Å². The molecule has 0 amide bonds. The summed E-state index contributed by atoms with van der Waals surface area (Å²) in [6, 6.07) is 7.64. The first-order chi connectivity index (χ1) is 13.1. The standard InChI is InChI=1S/C21H28N4O2/c1-4-7-12-25-19(22)17(21(26)27-13-14(5-2)6-3)18-20(25)24-16-11-9-8-10-15(16)23-18/h8-11,14H,4-7,12-13,22H2,1-3H3. The van der Waals surface area contributed by atoms with Gasteiger partial charge in [0, 0.05) is 6.54 Å². The summed E-state index contributed by atoms with van der Waals surface area (Å²) in [6.45, 7) is 7.42. The lowest BCUT2D eigenvalue weighted by Crippen LogP contribution is -2.15. The zero-order valence-corrected chi connectivity index (χ0v) is 16.4. The molecule has 2 N–H and O–H groups in total. The highest BCUT2D eigenvalue weighted by Crippen LogP contribution is 2.29. The highest BCUT2D eigenvalue weighted by atomic mass is 16.5. The Labute approximate surface area is 159 Å². The lowest BCUT2D eigenvalue weighted by Gasteiger charge is -2.12. The van der Waals surface area contributed by atoms with E-state index < -0.39 is 5.97 Å². The monoisotopic (exact) mass is 368 g/mol. The SMILES string of the molecule is CCCCn1c(N)c(C(=O)OCC(CC)CC)c2nc3ccccc3nc21. The number of hydrogen-bond donors (Lipinski definition) is 1. The van der Waals surface area contributed by atoms with Gasteiger partial charge in [-0.2, -0.15) is 0 Å². The Balaban J connectivity index is 2.08. The Hall–Kier alpha value is -2.63. The third-order valence-electron chi connectivity index (χ3n) is 5.14. The van der Waals surface area contributed by atoms with E-state index in [-0.39, 0.29) is 0 Å². The van der Waals surface area contributed by atoms with E-state index in [4.69, 9.17) is 20.4 Å². The minimum Gasteiger partial charge on any atom is -0.462 e. The number of ether oxygens (including phenoxy) is 1. The summed E-state index contributed by atoms with van der Waals surface area (Å²) in [7, 11) is 0. The van der Waals surface area contributed by atoms with Crippen LogP contribution in [0.4, 0.5) is 5.82 Å². The molecule has 1 aromatic carbocycles. The first kappa shape index (κ1) is 19.1. The number of unbranched alkanes of at least 4 members (excludes halogenated alkanes) is 1.